The third-order valence-corrected chi connectivity index (χ3v) is 5.69. The Morgan fingerprint density at radius 3 is 2.83 bits per heavy atom. The minimum atomic E-state index is 0.736. The number of nitrogens with zero attached hydrogens (tertiary/aromatic N) is 3. The lowest BCUT2D eigenvalue weighted by molar-refractivity contribution is 0.147. The third kappa shape index (κ3) is 5.46. The van der Waals surface area contributed by atoms with E-state index in [9.17, 15) is 0 Å². The lowest BCUT2D eigenvalue weighted by atomic mass is 10.0. The number of hydrogen-bond donors (Lipinski definition) is 2. The van der Waals surface area contributed by atoms with Gasteiger partial charge in [0.1, 0.15) is 5.01 Å². The highest BCUT2D eigenvalue weighted by Crippen LogP contribution is 2.18. The van der Waals surface area contributed by atoms with E-state index >= 15 is 0 Å². The first-order valence-electron chi connectivity index (χ1n) is 8.75. The summed E-state index contributed by atoms with van der Waals surface area (Å²) >= 11 is 1.75. The van der Waals surface area contributed by atoms with Crippen LogP contribution >= 0.6 is 11.3 Å². The zero-order valence-corrected chi connectivity index (χ0v) is 15.8. The topological polar surface area (TPSA) is 52.5 Å². The number of nitrogens with one attached hydrogen (secondary N) is 2. The molecule has 1 aromatic heterocycles. The normalized spacial score (nSPS) is 19.8. The summed E-state index contributed by atoms with van der Waals surface area (Å²) in [5, 5.41) is 7.90. The van der Waals surface area contributed by atoms with E-state index in [1.165, 1.54) is 37.1 Å². The SMILES string of the molecule is CCC1CCCCN1CCNC(=NC)NCc1nc(C)c(C)s1. The van der Waals surface area contributed by atoms with Crippen LogP contribution in [0.5, 0.6) is 0 Å². The summed E-state index contributed by atoms with van der Waals surface area (Å²) in [6.07, 6.45) is 5.34. The minimum Gasteiger partial charge on any atom is -0.355 e. The number of aryl methyl sites for hydroxylation is 2. The minimum absolute atomic E-state index is 0.736. The number of aliphatic imine (C=N–C) groups is 1. The van der Waals surface area contributed by atoms with E-state index in [1.54, 1.807) is 11.3 Å². The van der Waals surface area contributed by atoms with E-state index in [2.05, 4.69) is 46.3 Å². The first kappa shape index (κ1) is 18.2. The second-order valence-electron chi connectivity index (χ2n) is 6.20. The summed E-state index contributed by atoms with van der Waals surface area (Å²) < 4.78 is 0. The van der Waals surface area contributed by atoms with Gasteiger partial charge in [0.25, 0.3) is 0 Å². The van der Waals surface area contributed by atoms with Gasteiger partial charge < -0.3 is 10.6 Å². The molecule has 1 atom stereocenters. The Balaban J connectivity index is 1.72. The van der Waals surface area contributed by atoms with Crippen molar-refractivity contribution in [1.82, 2.24) is 20.5 Å². The smallest absolute Gasteiger partial charge is 0.191 e. The highest BCUT2D eigenvalue weighted by molar-refractivity contribution is 7.11. The van der Waals surface area contributed by atoms with E-state index in [1.807, 2.05) is 7.05 Å². The van der Waals surface area contributed by atoms with Crippen LogP contribution in [0.15, 0.2) is 4.99 Å². The second-order valence-corrected chi connectivity index (χ2v) is 7.48. The van der Waals surface area contributed by atoms with Crippen LogP contribution in [0.25, 0.3) is 0 Å². The average molecular weight is 338 g/mol. The van der Waals surface area contributed by atoms with Crippen LogP contribution in [0.1, 0.15) is 48.2 Å². The van der Waals surface area contributed by atoms with Crippen molar-refractivity contribution in [2.45, 2.75) is 59.0 Å². The number of guanidine groups is 1. The van der Waals surface area contributed by atoms with Crippen molar-refractivity contribution in [3.8, 4) is 0 Å². The van der Waals surface area contributed by atoms with E-state index in [0.717, 1.165) is 42.3 Å². The molecule has 6 heteroatoms. The van der Waals surface area contributed by atoms with E-state index < -0.39 is 0 Å². The molecule has 23 heavy (non-hydrogen) atoms. The Labute approximate surface area is 144 Å². The van der Waals surface area contributed by atoms with E-state index in [-0.39, 0.29) is 0 Å². The van der Waals surface area contributed by atoms with Crippen LogP contribution in [0, 0.1) is 13.8 Å². The molecule has 130 valence electrons. The highest BCUT2D eigenvalue weighted by Gasteiger charge is 2.19. The molecule has 0 saturated carbocycles. The van der Waals surface area contributed by atoms with Crippen molar-refractivity contribution < 1.29 is 0 Å². The molecule has 0 aliphatic carbocycles. The first-order valence-corrected chi connectivity index (χ1v) is 9.57. The van der Waals surface area contributed by atoms with Gasteiger partial charge in [0.2, 0.25) is 0 Å². The molecule has 1 aromatic rings. The Bertz CT molecular complexity index is 492. The number of rotatable bonds is 6. The molecule has 0 spiro atoms. The molecule has 1 saturated heterocycles. The number of hydrogen-bond acceptors (Lipinski definition) is 4. The molecular weight excluding hydrogens is 306 g/mol. The van der Waals surface area contributed by atoms with E-state index in [4.69, 9.17) is 0 Å². The van der Waals surface area contributed by atoms with Gasteiger partial charge in [-0.3, -0.25) is 9.89 Å². The van der Waals surface area contributed by atoms with Gasteiger partial charge >= 0.3 is 0 Å². The number of piperidine rings is 1. The van der Waals surface area contributed by atoms with Gasteiger partial charge in [0.05, 0.1) is 12.2 Å². The Morgan fingerprint density at radius 2 is 2.17 bits per heavy atom. The van der Waals surface area contributed by atoms with Gasteiger partial charge in [-0.15, -0.1) is 11.3 Å². The van der Waals surface area contributed by atoms with Crippen LogP contribution in [0.4, 0.5) is 0 Å². The van der Waals surface area contributed by atoms with Gasteiger partial charge in [-0.1, -0.05) is 13.3 Å². The lowest BCUT2D eigenvalue weighted by Crippen LogP contribution is -2.45. The first-order chi connectivity index (χ1) is 11.1. The summed E-state index contributed by atoms with van der Waals surface area (Å²) in [4.78, 5) is 12.8. The van der Waals surface area contributed by atoms with Crippen LogP contribution in [0.3, 0.4) is 0 Å². The fraction of sp³-hybridized carbons (Fsp3) is 0.765. The van der Waals surface area contributed by atoms with Crippen LogP contribution < -0.4 is 10.6 Å². The van der Waals surface area contributed by atoms with Crippen molar-refractivity contribution in [3.05, 3.63) is 15.6 Å². The highest BCUT2D eigenvalue weighted by atomic mass is 32.1. The summed E-state index contributed by atoms with van der Waals surface area (Å²) in [6, 6.07) is 0.766. The van der Waals surface area contributed by atoms with Crippen molar-refractivity contribution in [1.29, 1.82) is 0 Å². The molecule has 2 N–H and O–H groups in total. The van der Waals surface area contributed by atoms with Gasteiger partial charge in [-0.05, 0) is 39.7 Å². The van der Waals surface area contributed by atoms with Gasteiger partial charge in [0.15, 0.2) is 5.96 Å². The molecule has 1 aliphatic rings. The van der Waals surface area contributed by atoms with Gasteiger partial charge in [-0.2, -0.15) is 0 Å². The number of thiazole rings is 1. The van der Waals surface area contributed by atoms with Crippen molar-refractivity contribution >= 4 is 17.3 Å². The summed E-state index contributed by atoms with van der Waals surface area (Å²) in [5.41, 5.74) is 1.13. The molecular formula is C17H31N5S. The van der Waals surface area contributed by atoms with Gasteiger partial charge in [-0.25, -0.2) is 4.98 Å². The van der Waals surface area contributed by atoms with Crippen molar-refractivity contribution in [3.63, 3.8) is 0 Å². The predicted octanol–water partition coefficient (Wildman–Crippen LogP) is 2.69. The van der Waals surface area contributed by atoms with Crippen LogP contribution in [-0.2, 0) is 6.54 Å². The Kier molecular flexibility index (Phi) is 7.30. The predicted molar refractivity (Wildman–Crippen MR) is 99.3 cm³/mol. The largest absolute Gasteiger partial charge is 0.355 e. The molecule has 1 aliphatic heterocycles. The van der Waals surface area contributed by atoms with Gasteiger partial charge in [0, 0.05) is 31.1 Å². The summed E-state index contributed by atoms with van der Waals surface area (Å²) in [5.74, 6) is 0.862. The maximum atomic E-state index is 4.56. The van der Waals surface area contributed by atoms with Crippen molar-refractivity contribution in [2.24, 2.45) is 4.99 Å². The molecule has 2 rings (SSSR count). The number of likely N-dealkylation sites (tertiary alicyclic amines) is 1. The Hall–Kier alpha value is -1.14. The molecule has 5 nitrogen and oxygen atoms in total. The standard InChI is InChI=1S/C17H31N5S/c1-5-15-8-6-7-10-22(15)11-9-19-17(18-4)20-12-16-21-13(2)14(3)23-16/h15H,5-12H2,1-4H3,(H2,18,19,20). The molecule has 0 amide bonds. The second kappa shape index (κ2) is 9.23. The van der Waals surface area contributed by atoms with Crippen LogP contribution in [-0.4, -0.2) is 48.6 Å². The third-order valence-electron chi connectivity index (χ3n) is 4.62. The number of aromatic nitrogens is 1. The maximum Gasteiger partial charge on any atom is 0.191 e. The van der Waals surface area contributed by atoms with Crippen molar-refractivity contribution in [2.75, 3.05) is 26.7 Å². The zero-order valence-electron chi connectivity index (χ0n) is 15.0. The molecule has 0 aromatic carbocycles. The molecule has 1 unspecified atom stereocenters. The van der Waals surface area contributed by atoms with Crippen LogP contribution in [0.2, 0.25) is 0 Å². The molecule has 2 heterocycles. The van der Waals surface area contributed by atoms with E-state index in [0.29, 0.717) is 0 Å². The Morgan fingerprint density at radius 1 is 1.35 bits per heavy atom. The molecule has 0 bridgehead atoms. The average Bonchev–Trinajstić information content (AvgIpc) is 2.89. The summed E-state index contributed by atoms with van der Waals surface area (Å²) in [7, 11) is 1.82. The fourth-order valence-corrected chi connectivity index (χ4v) is 4.00. The summed E-state index contributed by atoms with van der Waals surface area (Å²) in [6.45, 7) is 10.5. The monoisotopic (exact) mass is 337 g/mol. The fourth-order valence-electron chi connectivity index (χ4n) is 3.13. The lowest BCUT2D eigenvalue weighted by Gasteiger charge is -2.35. The molecule has 0 radical (unpaired) electrons. The maximum absolute atomic E-state index is 4.56. The quantitative estimate of drug-likeness (QED) is 0.619. The zero-order chi connectivity index (χ0) is 16.7. The molecule has 1 fully saturated rings.